The van der Waals surface area contributed by atoms with Crippen molar-refractivity contribution in [1.82, 2.24) is 4.90 Å². The topological polar surface area (TPSA) is 85.3 Å². The molecule has 30 heavy (non-hydrogen) atoms. The minimum Gasteiger partial charge on any atom is -0.507 e. The van der Waals surface area contributed by atoms with E-state index in [1.54, 1.807) is 49.6 Å². The third-order valence-corrected chi connectivity index (χ3v) is 5.08. The normalized spacial score (nSPS) is 17.9. The molecule has 1 fully saturated rings. The van der Waals surface area contributed by atoms with E-state index in [4.69, 9.17) is 14.2 Å². The van der Waals surface area contributed by atoms with E-state index in [9.17, 15) is 14.7 Å². The zero-order chi connectivity index (χ0) is 21.8. The van der Waals surface area contributed by atoms with Gasteiger partial charge in [-0.25, -0.2) is 0 Å². The number of hydrogen-bond acceptors (Lipinski definition) is 6. The first-order valence-corrected chi connectivity index (χ1v) is 9.61. The molecule has 2 aromatic rings. The molecule has 3 rings (SSSR count). The average molecular weight is 411 g/mol. The summed E-state index contributed by atoms with van der Waals surface area (Å²) in [7, 11) is 4.53. The Morgan fingerprint density at radius 2 is 1.70 bits per heavy atom. The van der Waals surface area contributed by atoms with Crippen molar-refractivity contribution in [2.24, 2.45) is 0 Å². The van der Waals surface area contributed by atoms with Crippen LogP contribution >= 0.6 is 0 Å². The second-order valence-corrected chi connectivity index (χ2v) is 6.84. The van der Waals surface area contributed by atoms with E-state index in [2.05, 4.69) is 0 Å². The Balaban J connectivity index is 2.23. The van der Waals surface area contributed by atoms with E-state index >= 15 is 0 Å². The fourth-order valence-electron chi connectivity index (χ4n) is 3.65. The number of carbonyl (C=O) groups excluding carboxylic acids is 2. The van der Waals surface area contributed by atoms with Crippen LogP contribution in [0.2, 0.25) is 0 Å². The van der Waals surface area contributed by atoms with Crippen molar-refractivity contribution < 1.29 is 28.9 Å². The Morgan fingerprint density at radius 1 is 1.00 bits per heavy atom. The van der Waals surface area contributed by atoms with Gasteiger partial charge in [-0.15, -0.1) is 0 Å². The summed E-state index contributed by atoms with van der Waals surface area (Å²) in [6, 6.07) is 11.3. The maximum atomic E-state index is 13.0. The molecule has 1 unspecified atom stereocenters. The molecule has 0 aliphatic carbocycles. The molecule has 1 amide bonds. The van der Waals surface area contributed by atoms with Crippen LogP contribution in [0.15, 0.2) is 48.0 Å². The number of amides is 1. The summed E-state index contributed by atoms with van der Waals surface area (Å²) in [5, 5.41) is 11.2. The fourth-order valence-corrected chi connectivity index (χ4v) is 3.65. The molecule has 1 N–H and O–H groups in total. The summed E-state index contributed by atoms with van der Waals surface area (Å²) < 4.78 is 15.9. The monoisotopic (exact) mass is 411 g/mol. The molecule has 7 heteroatoms. The molecule has 158 valence electrons. The summed E-state index contributed by atoms with van der Waals surface area (Å²) >= 11 is 0. The van der Waals surface area contributed by atoms with Gasteiger partial charge in [-0.05, 0) is 36.2 Å². The predicted octanol–water partition coefficient (Wildman–Crippen LogP) is 3.54. The number of aliphatic hydroxyl groups is 1. The highest BCUT2D eigenvalue weighted by molar-refractivity contribution is 6.46. The average Bonchev–Trinajstić information content (AvgIpc) is 3.03. The van der Waals surface area contributed by atoms with E-state index in [0.717, 1.165) is 0 Å². The Hall–Kier alpha value is -3.48. The molecule has 0 radical (unpaired) electrons. The third kappa shape index (κ3) is 3.70. The molecule has 0 spiro atoms. The third-order valence-electron chi connectivity index (χ3n) is 5.08. The largest absolute Gasteiger partial charge is 0.507 e. The predicted molar refractivity (Wildman–Crippen MR) is 112 cm³/mol. The second-order valence-electron chi connectivity index (χ2n) is 6.84. The molecule has 7 nitrogen and oxygen atoms in total. The molecule has 1 atom stereocenters. The number of aliphatic hydroxyl groups excluding tert-OH is 1. The van der Waals surface area contributed by atoms with E-state index in [1.807, 2.05) is 6.92 Å². The maximum Gasteiger partial charge on any atom is 0.295 e. The van der Waals surface area contributed by atoms with Gasteiger partial charge >= 0.3 is 0 Å². The smallest absolute Gasteiger partial charge is 0.295 e. The lowest BCUT2D eigenvalue weighted by atomic mass is 9.94. The van der Waals surface area contributed by atoms with Gasteiger partial charge in [0.15, 0.2) is 0 Å². The maximum absolute atomic E-state index is 13.0. The zero-order valence-corrected chi connectivity index (χ0v) is 17.5. The van der Waals surface area contributed by atoms with Gasteiger partial charge in [0.1, 0.15) is 23.0 Å². The molecule has 1 aliphatic heterocycles. The Morgan fingerprint density at radius 3 is 2.33 bits per heavy atom. The Kier molecular flexibility index (Phi) is 6.30. The number of carbonyl (C=O) groups is 2. The number of benzene rings is 2. The van der Waals surface area contributed by atoms with Crippen LogP contribution in [0.4, 0.5) is 0 Å². The lowest BCUT2D eigenvalue weighted by Crippen LogP contribution is -2.30. The van der Waals surface area contributed by atoms with Gasteiger partial charge in [0.25, 0.3) is 11.7 Å². The number of Topliss-reactive ketones (excluding diaryl/α,β-unsaturated/α-hetero) is 1. The van der Waals surface area contributed by atoms with Gasteiger partial charge in [0, 0.05) is 12.6 Å². The Bertz CT molecular complexity index is 997. The van der Waals surface area contributed by atoms with E-state index in [1.165, 1.54) is 19.1 Å². The molecule has 1 aliphatic rings. The molecule has 0 bridgehead atoms. The number of rotatable bonds is 7. The van der Waals surface area contributed by atoms with Crippen molar-refractivity contribution in [3.8, 4) is 17.2 Å². The van der Waals surface area contributed by atoms with Crippen LogP contribution in [-0.2, 0) is 9.59 Å². The first-order chi connectivity index (χ1) is 14.5. The van der Waals surface area contributed by atoms with Crippen LogP contribution < -0.4 is 14.2 Å². The van der Waals surface area contributed by atoms with Gasteiger partial charge in [-0.2, -0.15) is 0 Å². The molecule has 1 heterocycles. The van der Waals surface area contributed by atoms with Crippen molar-refractivity contribution in [2.45, 2.75) is 19.4 Å². The van der Waals surface area contributed by atoms with Crippen molar-refractivity contribution in [2.75, 3.05) is 27.9 Å². The minimum atomic E-state index is -0.730. The highest BCUT2D eigenvalue weighted by Gasteiger charge is 2.46. The summed E-state index contributed by atoms with van der Waals surface area (Å²) in [4.78, 5) is 27.2. The van der Waals surface area contributed by atoms with Crippen molar-refractivity contribution in [1.29, 1.82) is 0 Å². The number of likely N-dealkylation sites (tertiary alicyclic amines) is 1. The Labute approximate surface area is 175 Å². The first kappa shape index (κ1) is 21.2. The van der Waals surface area contributed by atoms with Crippen molar-refractivity contribution in [3.63, 3.8) is 0 Å². The van der Waals surface area contributed by atoms with E-state index < -0.39 is 17.7 Å². The highest BCUT2D eigenvalue weighted by atomic mass is 16.5. The highest BCUT2D eigenvalue weighted by Crippen LogP contribution is 2.42. The van der Waals surface area contributed by atoms with Crippen LogP contribution in [0.25, 0.3) is 5.76 Å². The van der Waals surface area contributed by atoms with Gasteiger partial charge in [0.05, 0.1) is 38.5 Å². The van der Waals surface area contributed by atoms with Crippen molar-refractivity contribution in [3.05, 3.63) is 59.2 Å². The van der Waals surface area contributed by atoms with Crippen LogP contribution in [0, 0.1) is 0 Å². The van der Waals surface area contributed by atoms with Gasteiger partial charge in [0.2, 0.25) is 0 Å². The van der Waals surface area contributed by atoms with Crippen LogP contribution in [0.3, 0.4) is 0 Å². The van der Waals surface area contributed by atoms with E-state index in [0.29, 0.717) is 41.3 Å². The first-order valence-electron chi connectivity index (χ1n) is 9.61. The van der Waals surface area contributed by atoms with Gasteiger partial charge in [-0.3, -0.25) is 9.59 Å². The number of ketones is 1. The summed E-state index contributed by atoms with van der Waals surface area (Å²) in [6.07, 6.45) is 0.666. The number of methoxy groups -OCH3 is 3. The molecular formula is C23H25NO6. The standard InChI is InChI=1S/C23H25NO6/c1-5-11-24-20(14-7-6-8-15(12-14)28-2)19(22(26)23(24)27)21(25)17-10-9-16(29-3)13-18(17)30-4/h6-10,12-13,20,25H,5,11H2,1-4H3/b21-19-. The summed E-state index contributed by atoms with van der Waals surface area (Å²) in [5.41, 5.74) is 1.00. The molecule has 1 saturated heterocycles. The lowest BCUT2D eigenvalue weighted by molar-refractivity contribution is -0.139. The molecule has 0 aromatic heterocycles. The van der Waals surface area contributed by atoms with Crippen molar-refractivity contribution >= 4 is 17.4 Å². The van der Waals surface area contributed by atoms with Crippen LogP contribution in [0.1, 0.15) is 30.5 Å². The minimum absolute atomic E-state index is 0.0187. The number of nitrogens with zero attached hydrogens (tertiary/aromatic N) is 1. The van der Waals surface area contributed by atoms with Gasteiger partial charge in [-0.1, -0.05) is 19.1 Å². The SMILES string of the molecule is CCCN1C(=O)C(=O)/C(=C(\O)c2ccc(OC)cc2OC)C1c1cccc(OC)c1. The number of ether oxygens (including phenoxy) is 3. The fraction of sp³-hybridized carbons (Fsp3) is 0.304. The summed E-state index contributed by atoms with van der Waals surface area (Å²) in [6.45, 7) is 2.30. The van der Waals surface area contributed by atoms with Crippen LogP contribution in [0.5, 0.6) is 17.2 Å². The van der Waals surface area contributed by atoms with Gasteiger partial charge < -0.3 is 24.2 Å². The molecule has 0 saturated carbocycles. The van der Waals surface area contributed by atoms with Crippen LogP contribution in [-0.4, -0.2) is 49.6 Å². The molecule has 2 aromatic carbocycles. The number of hydrogen-bond donors (Lipinski definition) is 1. The zero-order valence-electron chi connectivity index (χ0n) is 17.5. The lowest BCUT2D eigenvalue weighted by Gasteiger charge is -2.25. The quantitative estimate of drug-likeness (QED) is 0.426. The molecular weight excluding hydrogens is 386 g/mol. The van der Waals surface area contributed by atoms with E-state index in [-0.39, 0.29) is 11.3 Å². The second kappa shape index (κ2) is 8.90. The summed E-state index contributed by atoms with van der Waals surface area (Å²) in [5.74, 6) is -0.196.